The molecule has 3 aromatic rings. The van der Waals surface area contributed by atoms with Gasteiger partial charge in [-0.15, -0.1) is 0 Å². The zero-order valence-electron chi connectivity index (χ0n) is 13.3. The van der Waals surface area contributed by atoms with E-state index in [0.717, 1.165) is 22.2 Å². The van der Waals surface area contributed by atoms with Gasteiger partial charge in [0.05, 0.1) is 5.69 Å². The van der Waals surface area contributed by atoms with Crippen LogP contribution in [0.15, 0.2) is 59.6 Å². The SMILES string of the molecule is CNCc1cn(S(=O)(=O)c2c(F)cccc2F)c(-c2ccccc2)n1. The Kier molecular flexibility index (Phi) is 4.65. The van der Waals surface area contributed by atoms with E-state index in [1.54, 1.807) is 37.4 Å². The lowest BCUT2D eigenvalue weighted by atomic mass is 10.2. The average Bonchev–Trinajstić information content (AvgIpc) is 3.00. The van der Waals surface area contributed by atoms with Crippen LogP contribution in [0.1, 0.15) is 5.69 Å². The Bertz CT molecular complexity index is 982. The van der Waals surface area contributed by atoms with Gasteiger partial charge < -0.3 is 5.32 Å². The first kappa shape index (κ1) is 17.2. The molecule has 8 heteroatoms. The fraction of sp³-hybridized carbons (Fsp3) is 0.118. The summed E-state index contributed by atoms with van der Waals surface area (Å²) < 4.78 is 54.7. The van der Waals surface area contributed by atoms with Crippen molar-refractivity contribution in [3.63, 3.8) is 0 Å². The standard InChI is InChI=1S/C17H15F2N3O2S/c1-20-10-13-11-22(17(21-13)12-6-3-2-4-7-12)25(23,24)16-14(18)8-5-9-15(16)19/h2-9,11,20H,10H2,1H3. The summed E-state index contributed by atoms with van der Waals surface area (Å²) in [5.74, 6) is -2.21. The molecule has 0 atom stereocenters. The average molecular weight is 363 g/mol. The van der Waals surface area contributed by atoms with Crippen molar-refractivity contribution in [3.05, 3.63) is 72.1 Å². The van der Waals surface area contributed by atoms with Crippen LogP contribution in [0.5, 0.6) is 0 Å². The number of nitrogens with zero attached hydrogens (tertiary/aromatic N) is 2. The Morgan fingerprint density at radius 2 is 1.68 bits per heavy atom. The third-order valence-electron chi connectivity index (χ3n) is 3.55. The van der Waals surface area contributed by atoms with Crippen LogP contribution in [0.4, 0.5) is 8.78 Å². The maximum Gasteiger partial charge on any atom is 0.275 e. The van der Waals surface area contributed by atoms with E-state index in [-0.39, 0.29) is 5.82 Å². The molecule has 25 heavy (non-hydrogen) atoms. The summed E-state index contributed by atoms with van der Waals surface area (Å²) in [4.78, 5) is 3.30. The Balaban J connectivity index is 2.25. The number of aromatic nitrogens is 2. The highest BCUT2D eigenvalue weighted by Gasteiger charge is 2.29. The number of hydrogen-bond acceptors (Lipinski definition) is 4. The highest BCUT2D eigenvalue weighted by molar-refractivity contribution is 7.90. The van der Waals surface area contributed by atoms with E-state index < -0.39 is 26.6 Å². The van der Waals surface area contributed by atoms with E-state index in [4.69, 9.17) is 0 Å². The molecule has 0 saturated carbocycles. The molecule has 0 aliphatic heterocycles. The fourth-order valence-electron chi connectivity index (χ4n) is 2.47. The van der Waals surface area contributed by atoms with Crippen LogP contribution >= 0.6 is 0 Å². The van der Waals surface area contributed by atoms with Crippen LogP contribution in [0.3, 0.4) is 0 Å². The lowest BCUT2D eigenvalue weighted by Gasteiger charge is -2.10. The molecule has 130 valence electrons. The van der Waals surface area contributed by atoms with Gasteiger partial charge in [0.1, 0.15) is 11.6 Å². The van der Waals surface area contributed by atoms with Gasteiger partial charge in [0.25, 0.3) is 10.0 Å². The fourth-order valence-corrected chi connectivity index (χ4v) is 3.93. The van der Waals surface area contributed by atoms with Crippen LogP contribution in [-0.4, -0.2) is 24.4 Å². The summed E-state index contributed by atoms with van der Waals surface area (Å²) in [5.41, 5.74) is 0.951. The van der Waals surface area contributed by atoms with E-state index >= 15 is 0 Å². The predicted molar refractivity (Wildman–Crippen MR) is 89.4 cm³/mol. The summed E-state index contributed by atoms with van der Waals surface area (Å²) in [5, 5.41) is 2.87. The molecular formula is C17H15F2N3O2S. The first-order valence-electron chi connectivity index (χ1n) is 7.43. The van der Waals surface area contributed by atoms with Crippen LogP contribution in [-0.2, 0) is 16.6 Å². The number of nitrogens with one attached hydrogen (secondary N) is 1. The molecule has 0 radical (unpaired) electrons. The van der Waals surface area contributed by atoms with Crippen molar-refractivity contribution in [3.8, 4) is 11.4 Å². The second kappa shape index (κ2) is 6.73. The highest BCUT2D eigenvalue weighted by Crippen LogP contribution is 2.27. The van der Waals surface area contributed by atoms with Gasteiger partial charge in [-0.2, -0.15) is 0 Å². The molecule has 3 rings (SSSR count). The third kappa shape index (κ3) is 3.18. The number of rotatable bonds is 5. The van der Waals surface area contributed by atoms with Crippen LogP contribution < -0.4 is 5.32 Å². The minimum Gasteiger partial charge on any atom is -0.314 e. The molecule has 1 heterocycles. The van der Waals surface area contributed by atoms with Crippen molar-refractivity contribution < 1.29 is 17.2 Å². The van der Waals surface area contributed by atoms with Gasteiger partial charge in [0.2, 0.25) is 0 Å². The molecule has 0 amide bonds. The number of hydrogen-bond donors (Lipinski definition) is 1. The summed E-state index contributed by atoms with van der Waals surface area (Å²) >= 11 is 0. The van der Waals surface area contributed by atoms with Gasteiger partial charge in [-0.05, 0) is 19.2 Å². The van der Waals surface area contributed by atoms with Crippen molar-refractivity contribution in [2.45, 2.75) is 11.4 Å². The summed E-state index contributed by atoms with van der Waals surface area (Å²) in [7, 11) is -2.81. The molecule has 0 fully saturated rings. The quantitative estimate of drug-likeness (QED) is 0.757. The molecule has 0 saturated heterocycles. The summed E-state index contributed by atoms with van der Waals surface area (Å²) in [6, 6.07) is 11.5. The molecule has 2 aromatic carbocycles. The Labute approximate surface area is 144 Å². The Morgan fingerprint density at radius 3 is 2.28 bits per heavy atom. The predicted octanol–water partition coefficient (Wildman–Crippen LogP) is 2.78. The minimum atomic E-state index is -4.50. The van der Waals surface area contributed by atoms with E-state index in [2.05, 4.69) is 10.3 Å². The summed E-state index contributed by atoms with van der Waals surface area (Å²) in [6.07, 6.45) is 1.26. The van der Waals surface area contributed by atoms with Gasteiger partial charge in [0, 0.05) is 18.3 Å². The van der Waals surface area contributed by atoms with Crippen molar-refractivity contribution >= 4 is 10.0 Å². The van der Waals surface area contributed by atoms with Gasteiger partial charge in [-0.25, -0.2) is 26.2 Å². The maximum absolute atomic E-state index is 14.1. The van der Waals surface area contributed by atoms with Gasteiger partial charge >= 0.3 is 0 Å². The molecule has 0 spiro atoms. The van der Waals surface area contributed by atoms with E-state index in [1.165, 1.54) is 6.20 Å². The number of imidazole rings is 1. The largest absolute Gasteiger partial charge is 0.314 e. The van der Waals surface area contributed by atoms with Crippen LogP contribution in [0, 0.1) is 11.6 Å². The third-order valence-corrected chi connectivity index (χ3v) is 5.25. The monoisotopic (exact) mass is 363 g/mol. The molecule has 0 unspecified atom stereocenters. The molecule has 5 nitrogen and oxygen atoms in total. The van der Waals surface area contributed by atoms with Gasteiger partial charge in [-0.1, -0.05) is 36.4 Å². The molecule has 1 N–H and O–H groups in total. The first-order valence-corrected chi connectivity index (χ1v) is 8.87. The molecule has 0 bridgehead atoms. The second-order valence-electron chi connectivity index (χ2n) is 5.30. The van der Waals surface area contributed by atoms with Crippen molar-refractivity contribution in [2.24, 2.45) is 0 Å². The van der Waals surface area contributed by atoms with Crippen molar-refractivity contribution in [2.75, 3.05) is 7.05 Å². The second-order valence-corrected chi connectivity index (χ2v) is 7.06. The minimum absolute atomic E-state index is 0.0912. The molecule has 1 aromatic heterocycles. The smallest absolute Gasteiger partial charge is 0.275 e. The number of benzene rings is 2. The highest BCUT2D eigenvalue weighted by atomic mass is 32.2. The Hall–Kier alpha value is -2.58. The normalized spacial score (nSPS) is 11.6. The van der Waals surface area contributed by atoms with Gasteiger partial charge in [-0.3, -0.25) is 0 Å². The molecule has 0 aliphatic rings. The topological polar surface area (TPSA) is 64.0 Å². The zero-order valence-corrected chi connectivity index (χ0v) is 14.1. The summed E-state index contributed by atoms with van der Waals surface area (Å²) in [6.45, 7) is 0.308. The molecule has 0 aliphatic carbocycles. The Morgan fingerprint density at radius 1 is 1.04 bits per heavy atom. The lowest BCUT2D eigenvalue weighted by Crippen LogP contribution is -2.17. The maximum atomic E-state index is 14.1. The van der Waals surface area contributed by atoms with E-state index in [9.17, 15) is 17.2 Å². The lowest BCUT2D eigenvalue weighted by molar-refractivity contribution is 0.516. The van der Waals surface area contributed by atoms with Crippen molar-refractivity contribution in [1.82, 2.24) is 14.3 Å². The zero-order chi connectivity index (χ0) is 18.0. The van der Waals surface area contributed by atoms with E-state index in [0.29, 0.717) is 17.8 Å². The first-order chi connectivity index (χ1) is 11.9. The van der Waals surface area contributed by atoms with E-state index in [1.807, 2.05) is 0 Å². The van der Waals surface area contributed by atoms with Crippen LogP contribution in [0.25, 0.3) is 11.4 Å². The van der Waals surface area contributed by atoms with Crippen molar-refractivity contribution in [1.29, 1.82) is 0 Å². The van der Waals surface area contributed by atoms with Crippen LogP contribution in [0.2, 0.25) is 0 Å². The van der Waals surface area contributed by atoms with Gasteiger partial charge in [0.15, 0.2) is 10.7 Å². The molecular weight excluding hydrogens is 348 g/mol. The number of halogens is 2.